The van der Waals surface area contributed by atoms with Gasteiger partial charge in [0.05, 0.1) is 7.11 Å². The van der Waals surface area contributed by atoms with Crippen molar-refractivity contribution in [1.82, 2.24) is 10.3 Å². The quantitative estimate of drug-likeness (QED) is 0.824. The highest BCUT2D eigenvalue weighted by Gasteiger charge is 2.32. The summed E-state index contributed by atoms with van der Waals surface area (Å²) >= 11 is 0. The molecule has 0 saturated carbocycles. The molecular formula is C17H22N2O3. The van der Waals surface area contributed by atoms with Crippen molar-refractivity contribution in [2.45, 2.75) is 39.5 Å². The number of fused-ring (bicyclic) bond motifs is 1. The first-order valence-electron chi connectivity index (χ1n) is 7.87. The normalized spacial score (nSPS) is 26.0. The number of esters is 1. The van der Waals surface area contributed by atoms with Crippen LogP contribution in [0.4, 0.5) is 0 Å². The van der Waals surface area contributed by atoms with E-state index in [0.717, 1.165) is 42.6 Å². The maximum atomic E-state index is 12.0. The maximum Gasteiger partial charge on any atom is 0.354 e. The molecule has 1 aliphatic carbocycles. The van der Waals surface area contributed by atoms with Crippen LogP contribution in [0.2, 0.25) is 0 Å². The van der Waals surface area contributed by atoms with E-state index < -0.39 is 0 Å². The lowest BCUT2D eigenvalue weighted by molar-refractivity contribution is -0.122. The van der Waals surface area contributed by atoms with E-state index in [0.29, 0.717) is 5.69 Å². The third-order valence-corrected chi connectivity index (χ3v) is 4.97. The van der Waals surface area contributed by atoms with Crippen molar-refractivity contribution in [1.29, 1.82) is 0 Å². The summed E-state index contributed by atoms with van der Waals surface area (Å²) < 4.78 is 4.88. The number of allylic oxidation sites excluding steroid dienone is 1. The molecular weight excluding hydrogens is 280 g/mol. The molecule has 2 atom stereocenters. The summed E-state index contributed by atoms with van der Waals surface area (Å²) in [5, 5.41) is 2.95. The molecule has 2 N–H and O–H groups in total. The SMILES string of the molecule is COC(=O)c1[nH]c(C=C2NC(=O)[C@@H](C)[C@@H]2C)c2c1CCCC2. The van der Waals surface area contributed by atoms with Crippen molar-refractivity contribution >= 4 is 18.0 Å². The smallest absolute Gasteiger partial charge is 0.354 e. The predicted octanol–water partition coefficient (Wildman–Crippen LogP) is 2.42. The van der Waals surface area contributed by atoms with Gasteiger partial charge in [0, 0.05) is 23.2 Å². The maximum absolute atomic E-state index is 12.0. The Balaban J connectivity index is 2.03. The number of carbonyl (C=O) groups is 2. The van der Waals surface area contributed by atoms with Crippen molar-refractivity contribution in [2.75, 3.05) is 7.11 Å². The molecule has 0 spiro atoms. The summed E-state index contributed by atoms with van der Waals surface area (Å²) in [6.07, 6.45) is 6.06. The van der Waals surface area contributed by atoms with E-state index in [9.17, 15) is 9.59 Å². The number of nitrogens with one attached hydrogen (secondary N) is 2. The first-order chi connectivity index (χ1) is 10.5. The minimum absolute atomic E-state index is 0.0166. The van der Waals surface area contributed by atoms with E-state index in [4.69, 9.17) is 4.74 Å². The van der Waals surface area contributed by atoms with E-state index in [2.05, 4.69) is 10.3 Å². The lowest BCUT2D eigenvalue weighted by atomic mass is 9.91. The van der Waals surface area contributed by atoms with Gasteiger partial charge < -0.3 is 15.0 Å². The topological polar surface area (TPSA) is 71.2 Å². The molecule has 0 unspecified atom stereocenters. The van der Waals surface area contributed by atoms with Crippen molar-refractivity contribution in [3.05, 3.63) is 28.2 Å². The molecule has 118 valence electrons. The van der Waals surface area contributed by atoms with Crippen LogP contribution in [-0.2, 0) is 22.4 Å². The Hall–Kier alpha value is -2.04. The highest BCUT2D eigenvalue weighted by molar-refractivity contribution is 5.91. The van der Waals surface area contributed by atoms with Crippen LogP contribution in [0.25, 0.3) is 6.08 Å². The number of rotatable bonds is 2. The van der Waals surface area contributed by atoms with Gasteiger partial charge in [-0.3, -0.25) is 4.79 Å². The van der Waals surface area contributed by atoms with Gasteiger partial charge in [-0.2, -0.15) is 0 Å². The van der Waals surface area contributed by atoms with Crippen molar-refractivity contribution in [3.63, 3.8) is 0 Å². The van der Waals surface area contributed by atoms with E-state index in [-0.39, 0.29) is 23.7 Å². The fourth-order valence-electron chi connectivity index (χ4n) is 3.35. The highest BCUT2D eigenvalue weighted by atomic mass is 16.5. The number of ether oxygens (including phenoxy) is 1. The monoisotopic (exact) mass is 302 g/mol. The van der Waals surface area contributed by atoms with Gasteiger partial charge in [-0.05, 0) is 42.9 Å². The summed E-state index contributed by atoms with van der Waals surface area (Å²) in [6, 6.07) is 0. The molecule has 3 rings (SSSR count). The Bertz CT molecular complexity index is 657. The number of carbonyl (C=O) groups excluding carboxylic acids is 2. The van der Waals surface area contributed by atoms with Crippen LogP contribution in [0, 0.1) is 11.8 Å². The summed E-state index contributed by atoms with van der Waals surface area (Å²) in [7, 11) is 1.40. The van der Waals surface area contributed by atoms with Gasteiger partial charge in [0.15, 0.2) is 0 Å². The summed E-state index contributed by atoms with van der Waals surface area (Å²) in [6.45, 7) is 3.98. The van der Waals surface area contributed by atoms with Crippen LogP contribution in [0.1, 0.15) is 54.0 Å². The second-order valence-electron chi connectivity index (χ2n) is 6.24. The Morgan fingerprint density at radius 3 is 2.45 bits per heavy atom. The van der Waals surface area contributed by atoms with Crippen molar-refractivity contribution < 1.29 is 14.3 Å². The third-order valence-electron chi connectivity index (χ3n) is 4.97. The van der Waals surface area contributed by atoms with Crippen LogP contribution >= 0.6 is 0 Å². The molecule has 22 heavy (non-hydrogen) atoms. The van der Waals surface area contributed by atoms with Gasteiger partial charge in [-0.15, -0.1) is 0 Å². The average molecular weight is 302 g/mol. The molecule has 1 saturated heterocycles. The van der Waals surface area contributed by atoms with E-state index >= 15 is 0 Å². The van der Waals surface area contributed by atoms with Gasteiger partial charge >= 0.3 is 5.97 Å². The number of hydrogen-bond donors (Lipinski definition) is 2. The summed E-state index contributed by atoms with van der Waals surface area (Å²) in [4.78, 5) is 27.0. The van der Waals surface area contributed by atoms with Gasteiger partial charge in [-0.25, -0.2) is 4.79 Å². The fraction of sp³-hybridized carbons (Fsp3) is 0.529. The lowest BCUT2D eigenvalue weighted by Gasteiger charge is -2.13. The second kappa shape index (κ2) is 5.63. The molecule has 0 aromatic carbocycles. The van der Waals surface area contributed by atoms with Crippen molar-refractivity contribution in [3.8, 4) is 0 Å². The molecule has 1 aliphatic heterocycles. The number of hydrogen-bond acceptors (Lipinski definition) is 3. The standard InChI is InChI=1S/C17H22N2O3/c1-9-10(2)16(20)19-13(9)8-14-11-6-4-5-7-12(11)15(18-14)17(21)22-3/h8-10,18H,4-7H2,1-3H3,(H,19,20)/t9-,10-/m0/s1. The minimum atomic E-state index is -0.320. The number of aromatic nitrogens is 1. The average Bonchev–Trinajstić information content (AvgIpc) is 3.01. The molecule has 2 aliphatic rings. The molecule has 0 bridgehead atoms. The summed E-state index contributed by atoms with van der Waals surface area (Å²) in [5.41, 5.74) is 4.69. The zero-order valence-electron chi connectivity index (χ0n) is 13.3. The van der Waals surface area contributed by atoms with Crippen LogP contribution in [-0.4, -0.2) is 24.0 Å². The van der Waals surface area contributed by atoms with Gasteiger partial charge in [0.25, 0.3) is 0 Å². The van der Waals surface area contributed by atoms with E-state index in [1.807, 2.05) is 19.9 Å². The molecule has 5 nitrogen and oxygen atoms in total. The zero-order valence-corrected chi connectivity index (χ0v) is 13.3. The molecule has 1 fully saturated rings. The number of methoxy groups -OCH3 is 1. The van der Waals surface area contributed by atoms with Crippen LogP contribution in [0.15, 0.2) is 5.70 Å². The number of aromatic amines is 1. The Morgan fingerprint density at radius 2 is 1.86 bits per heavy atom. The Kier molecular flexibility index (Phi) is 3.81. The molecule has 1 aromatic heterocycles. The molecule has 1 amide bonds. The predicted molar refractivity (Wildman–Crippen MR) is 83.2 cm³/mol. The first kappa shape index (κ1) is 14.9. The van der Waals surface area contributed by atoms with Crippen LogP contribution in [0.3, 0.4) is 0 Å². The largest absolute Gasteiger partial charge is 0.464 e. The Labute approximate surface area is 130 Å². The first-order valence-corrected chi connectivity index (χ1v) is 7.87. The van der Waals surface area contributed by atoms with Gasteiger partial charge in [-0.1, -0.05) is 13.8 Å². The van der Waals surface area contributed by atoms with E-state index in [1.54, 1.807) is 0 Å². The minimum Gasteiger partial charge on any atom is -0.464 e. The second-order valence-corrected chi connectivity index (χ2v) is 6.24. The van der Waals surface area contributed by atoms with Crippen LogP contribution < -0.4 is 5.32 Å². The van der Waals surface area contributed by atoms with Crippen LogP contribution in [0.5, 0.6) is 0 Å². The van der Waals surface area contributed by atoms with Gasteiger partial charge in [0.1, 0.15) is 5.69 Å². The fourth-order valence-corrected chi connectivity index (χ4v) is 3.35. The van der Waals surface area contributed by atoms with E-state index in [1.165, 1.54) is 12.7 Å². The number of H-pyrrole nitrogens is 1. The lowest BCUT2D eigenvalue weighted by Crippen LogP contribution is -2.16. The van der Waals surface area contributed by atoms with Gasteiger partial charge in [0.2, 0.25) is 5.91 Å². The zero-order chi connectivity index (χ0) is 15.9. The highest BCUT2D eigenvalue weighted by Crippen LogP contribution is 2.32. The molecule has 2 heterocycles. The third kappa shape index (κ3) is 2.34. The summed E-state index contributed by atoms with van der Waals surface area (Å²) in [5.74, 6) is -0.110. The molecule has 0 radical (unpaired) electrons. The Morgan fingerprint density at radius 1 is 1.18 bits per heavy atom. The number of amides is 1. The van der Waals surface area contributed by atoms with Crippen molar-refractivity contribution in [2.24, 2.45) is 11.8 Å². The molecule has 1 aromatic rings. The molecule has 5 heteroatoms.